The molecule has 0 atom stereocenters. The lowest BCUT2D eigenvalue weighted by molar-refractivity contribution is -0.116. The van der Waals surface area contributed by atoms with Crippen molar-refractivity contribution in [2.45, 2.75) is 19.8 Å². The number of Topliss-reactive ketones (excluding diaryl/α,β-unsaturated/α-hetero) is 1. The van der Waals surface area contributed by atoms with Crippen molar-refractivity contribution in [2.24, 2.45) is 0 Å². The van der Waals surface area contributed by atoms with Crippen LogP contribution in [0, 0.1) is 6.92 Å². The third-order valence-corrected chi connectivity index (χ3v) is 4.86. The minimum Gasteiger partial charge on any atom is -0.495 e. The molecule has 28 heavy (non-hydrogen) atoms. The molecule has 2 aromatic carbocycles. The van der Waals surface area contributed by atoms with Crippen LogP contribution in [0.3, 0.4) is 0 Å². The average Bonchev–Trinajstić information content (AvgIpc) is 2.73. The Morgan fingerprint density at radius 2 is 1.86 bits per heavy atom. The maximum absolute atomic E-state index is 12.4. The summed E-state index contributed by atoms with van der Waals surface area (Å²) in [4.78, 5) is 27.0. The number of amides is 1. The van der Waals surface area contributed by atoms with Crippen LogP contribution in [0.1, 0.15) is 28.8 Å². The van der Waals surface area contributed by atoms with E-state index in [1.165, 1.54) is 0 Å². The van der Waals surface area contributed by atoms with Gasteiger partial charge in [0.2, 0.25) is 5.91 Å². The van der Waals surface area contributed by atoms with Gasteiger partial charge in [0.05, 0.1) is 26.0 Å². The summed E-state index contributed by atoms with van der Waals surface area (Å²) < 4.78 is 10.8. The molecule has 1 aliphatic rings. The normalized spacial score (nSPS) is 13.9. The standard InChI is InChI=1S/C22H26N2O4/c1-16-5-3-4-6-18(16)20(25)8-10-22(26)23-19-15-17(7-9-21(19)27-2)24-11-13-28-14-12-24/h3-7,9,15H,8,10-14H2,1-2H3,(H,23,26). The monoisotopic (exact) mass is 382 g/mol. The van der Waals surface area contributed by atoms with Gasteiger partial charge in [-0.25, -0.2) is 0 Å². The molecule has 0 aromatic heterocycles. The van der Waals surface area contributed by atoms with E-state index in [4.69, 9.17) is 9.47 Å². The van der Waals surface area contributed by atoms with Crippen molar-refractivity contribution in [1.82, 2.24) is 0 Å². The predicted octanol–water partition coefficient (Wildman–Crippen LogP) is 3.44. The Hall–Kier alpha value is -2.86. The summed E-state index contributed by atoms with van der Waals surface area (Å²) in [7, 11) is 1.57. The third-order valence-electron chi connectivity index (χ3n) is 4.86. The summed E-state index contributed by atoms with van der Waals surface area (Å²) in [6, 6.07) is 13.2. The summed E-state index contributed by atoms with van der Waals surface area (Å²) in [5, 5.41) is 2.89. The SMILES string of the molecule is COc1ccc(N2CCOCC2)cc1NC(=O)CCC(=O)c1ccccc1C. The molecule has 6 heteroatoms. The zero-order valence-corrected chi connectivity index (χ0v) is 16.4. The van der Waals surface area contributed by atoms with Gasteiger partial charge in [-0.1, -0.05) is 24.3 Å². The molecule has 0 bridgehead atoms. The van der Waals surface area contributed by atoms with Crippen molar-refractivity contribution in [1.29, 1.82) is 0 Å². The number of ketones is 1. The summed E-state index contributed by atoms with van der Waals surface area (Å²) in [6.07, 6.45) is 0.292. The number of benzene rings is 2. The van der Waals surface area contributed by atoms with Gasteiger partial charge >= 0.3 is 0 Å². The highest BCUT2D eigenvalue weighted by Crippen LogP contribution is 2.30. The number of morpholine rings is 1. The highest BCUT2D eigenvalue weighted by molar-refractivity contribution is 6.01. The van der Waals surface area contributed by atoms with E-state index in [0.29, 0.717) is 30.2 Å². The first-order valence-corrected chi connectivity index (χ1v) is 9.48. The van der Waals surface area contributed by atoms with Gasteiger partial charge in [0, 0.05) is 37.2 Å². The van der Waals surface area contributed by atoms with E-state index in [1.54, 1.807) is 13.2 Å². The Labute approximate surface area is 165 Å². The lowest BCUT2D eigenvalue weighted by Gasteiger charge is -2.29. The quantitative estimate of drug-likeness (QED) is 0.743. The molecule has 1 fully saturated rings. The van der Waals surface area contributed by atoms with Gasteiger partial charge in [0.15, 0.2) is 5.78 Å². The molecule has 1 saturated heterocycles. The minimum absolute atomic E-state index is 0.0257. The summed E-state index contributed by atoms with van der Waals surface area (Å²) in [6.45, 7) is 4.90. The summed E-state index contributed by atoms with van der Waals surface area (Å²) in [5.41, 5.74) is 3.21. The van der Waals surface area contributed by atoms with Crippen LogP contribution in [0.25, 0.3) is 0 Å². The van der Waals surface area contributed by atoms with Crippen molar-refractivity contribution in [3.05, 3.63) is 53.6 Å². The minimum atomic E-state index is -0.209. The number of methoxy groups -OCH3 is 1. The molecule has 0 aliphatic carbocycles. The van der Waals surface area contributed by atoms with Crippen molar-refractivity contribution in [3.63, 3.8) is 0 Å². The van der Waals surface area contributed by atoms with Gasteiger partial charge in [-0.15, -0.1) is 0 Å². The molecule has 3 rings (SSSR count). The molecule has 0 radical (unpaired) electrons. The van der Waals surface area contributed by atoms with Gasteiger partial charge in [-0.3, -0.25) is 9.59 Å². The van der Waals surface area contributed by atoms with Crippen LogP contribution in [0.15, 0.2) is 42.5 Å². The molecular weight excluding hydrogens is 356 g/mol. The summed E-state index contributed by atoms with van der Waals surface area (Å²) in [5.74, 6) is 0.359. The highest BCUT2D eigenvalue weighted by Gasteiger charge is 2.16. The first-order valence-electron chi connectivity index (χ1n) is 9.48. The van der Waals surface area contributed by atoms with Crippen molar-refractivity contribution >= 4 is 23.1 Å². The van der Waals surface area contributed by atoms with E-state index < -0.39 is 0 Å². The smallest absolute Gasteiger partial charge is 0.224 e. The second-order valence-corrected chi connectivity index (χ2v) is 6.77. The number of nitrogens with one attached hydrogen (secondary N) is 1. The molecule has 6 nitrogen and oxygen atoms in total. The molecule has 1 N–H and O–H groups in total. The number of aryl methyl sites for hydroxylation is 1. The lowest BCUT2D eigenvalue weighted by atomic mass is 10.0. The van der Waals surface area contributed by atoms with E-state index in [1.807, 2.05) is 43.3 Å². The molecule has 0 unspecified atom stereocenters. The zero-order valence-electron chi connectivity index (χ0n) is 16.4. The van der Waals surface area contributed by atoms with Crippen LogP contribution < -0.4 is 15.0 Å². The molecule has 1 heterocycles. The average molecular weight is 382 g/mol. The Kier molecular flexibility index (Phi) is 6.66. The van der Waals surface area contributed by atoms with Crippen LogP contribution >= 0.6 is 0 Å². The number of rotatable bonds is 7. The predicted molar refractivity (Wildman–Crippen MR) is 109 cm³/mol. The largest absolute Gasteiger partial charge is 0.495 e. The fourth-order valence-electron chi connectivity index (χ4n) is 3.27. The number of carbonyl (C=O) groups is 2. The molecule has 2 aromatic rings. The molecule has 148 valence electrons. The number of carbonyl (C=O) groups excluding carboxylic acids is 2. The van der Waals surface area contributed by atoms with Gasteiger partial charge in [0.25, 0.3) is 0 Å². The fraction of sp³-hybridized carbons (Fsp3) is 0.364. The molecule has 0 saturated carbocycles. The Bertz CT molecular complexity index is 844. The summed E-state index contributed by atoms with van der Waals surface area (Å²) >= 11 is 0. The van der Waals surface area contributed by atoms with E-state index in [2.05, 4.69) is 10.2 Å². The maximum atomic E-state index is 12.4. The second kappa shape index (κ2) is 9.37. The maximum Gasteiger partial charge on any atom is 0.224 e. The van der Waals surface area contributed by atoms with E-state index in [-0.39, 0.29) is 24.5 Å². The Morgan fingerprint density at radius 3 is 2.57 bits per heavy atom. The topological polar surface area (TPSA) is 67.9 Å². The number of hydrogen-bond acceptors (Lipinski definition) is 5. The van der Waals surface area contributed by atoms with Crippen LogP contribution in [0.5, 0.6) is 5.75 Å². The highest BCUT2D eigenvalue weighted by atomic mass is 16.5. The first kappa shape index (κ1) is 19.9. The number of anilines is 2. The Balaban J connectivity index is 1.64. The molecule has 0 spiro atoms. The van der Waals surface area contributed by atoms with Crippen LogP contribution in [-0.4, -0.2) is 45.1 Å². The van der Waals surface area contributed by atoms with Crippen LogP contribution in [-0.2, 0) is 9.53 Å². The number of hydrogen-bond donors (Lipinski definition) is 1. The molecular formula is C22H26N2O4. The third kappa shape index (κ3) is 4.89. The fourth-order valence-corrected chi connectivity index (χ4v) is 3.27. The van der Waals surface area contributed by atoms with E-state index in [9.17, 15) is 9.59 Å². The zero-order chi connectivity index (χ0) is 19.9. The van der Waals surface area contributed by atoms with E-state index >= 15 is 0 Å². The number of nitrogens with zero attached hydrogens (tertiary/aromatic N) is 1. The molecule has 1 amide bonds. The number of ether oxygens (including phenoxy) is 2. The van der Waals surface area contributed by atoms with E-state index in [0.717, 1.165) is 24.3 Å². The van der Waals surface area contributed by atoms with Crippen molar-refractivity contribution < 1.29 is 19.1 Å². The molecule has 1 aliphatic heterocycles. The van der Waals surface area contributed by atoms with Crippen LogP contribution in [0.4, 0.5) is 11.4 Å². The first-order chi connectivity index (χ1) is 13.6. The van der Waals surface area contributed by atoms with Crippen molar-refractivity contribution in [2.75, 3.05) is 43.6 Å². The van der Waals surface area contributed by atoms with Gasteiger partial charge < -0.3 is 19.7 Å². The second-order valence-electron chi connectivity index (χ2n) is 6.77. The van der Waals surface area contributed by atoms with Gasteiger partial charge in [-0.2, -0.15) is 0 Å². The van der Waals surface area contributed by atoms with Gasteiger partial charge in [0.1, 0.15) is 5.75 Å². The Morgan fingerprint density at radius 1 is 1.11 bits per heavy atom. The van der Waals surface area contributed by atoms with Gasteiger partial charge in [-0.05, 0) is 30.7 Å². The lowest BCUT2D eigenvalue weighted by Crippen LogP contribution is -2.36. The van der Waals surface area contributed by atoms with Crippen molar-refractivity contribution in [3.8, 4) is 5.75 Å². The van der Waals surface area contributed by atoms with Crippen LogP contribution in [0.2, 0.25) is 0 Å².